The fraction of sp³-hybridized carbons (Fsp3) is 0.353. The summed E-state index contributed by atoms with van der Waals surface area (Å²) in [6, 6.07) is 11.9. The molecule has 0 aliphatic rings. The topological polar surface area (TPSA) is 54.4 Å². The van der Waals surface area contributed by atoms with Gasteiger partial charge >= 0.3 is 0 Å². The van der Waals surface area contributed by atoms with Crippen LogP contribution in [-0.2, 0) is 13.0 Å². The van der Waals surface area contributed by atoms with Crippen molar-refractivity contribution in [1.29, 1.82) is 0 Å². The van der Waals surface area contributed by atoms with Gasteiger partial charge in [-0.15, -0.1) is 0 Å². The summed E-state index contributed by atoms with van der Waals surface area (Å²) in [6.07, 6.45) is 4.01. The van der Waals surface area contributed by atoms with Crippen LogP contribution in [0.5, 0.6) is 5.75 Å². The summed E-state index contributed by atoms with van der Waals surface area (Å²) in [5, 5.41) is 13.1. The molecule has 0 radical (unpaired) electrons. The van der Waals surface area contributed by atoms with E-state index in [-0.39, 0.29) is 6.61 Å². The first-order valence-electron chi connectivity index (χ1n) is 7.27. The van der Waals surface area contributed by atoms with E-state index in [0.717, 1.165) is 17.7 Å². The van der Waals surface area contributed by atoms with Crippen molar-refractivity contribution in [1.82, 2.24) is 10.3 Å². The number of ether oxygens (including phenoxy) is 1. The predicted octanol–water partition coefficient (Wildman–Crippen LogP) is 2.17. The maximum Gasteiger partial charge on any atom is 0.119 e. The third kappa shape index (κ3) is 5.53. The van der Waals surface area contributed by atoms with Crippen molar-refractivity contribution in [2.24, 2.45) is 0 Å². The molecule has 0 amide bonds. The number of pyridine rings is 1. The Morgan fingerprint density at radius 2 is 1.81 bits per heavy atom. The Hall–Kier alpha value is -1.91. The Balaban J connectivity index is 1.66. The maximum atomic E-state index is 9.89. The highest BCUT2D eigenvalue weighted by Crippen LogP contribution is 2.12. The van der Waals surface area contributed by atoms with Crippen molar-refractivity contribution in [3.05, 3.63) is 59.9 Å². The van der Waals surface area contributed by atoms with Gasteiger partial charge in [-0.25, -0.2) is 0 Å². The molecule has 0 aliphatic heterocycles. The second kappa shape index (κ2) is 8.39. The zero-order chi connectivity index (χ0) is 14.9. The van der Waals surface area contributed by atoms with Crippen LogP contribution in [0.15, 0.2) is 48.8 Å². The number of aryl methyl sites for hydroxylation is 1. The lowest BCUT2D eigenvalue weighted by Crippen LogP contribution is -2.31. The summed E-state index contributed by atoms with van der Waals surface area (Å²) < 4.78 is 5.57. The lowest BCUT2D eigenvalue weighted by atomic mass is 10.2. The van der Waals surface area contributed by atoms with Gasteiger partial charge in [0.1, 0.15) is 18.5 Å². The molecular formula is C17H22N2O2. The molecule has 2 rings (SSSR count). The van der Waals surface area contributed by atoms with Crippen LogP contribution in [0.2, 0.25) is 0 Å². The first-order valence-corrected chi connectivity index (χ1v) is 7.27. The van der Waals surface area contributed by atoms with E-state index in [9.17, 15) is 5.11 Å². The standard InChI is InChI=1S/C17H22N2O2/c1-2-14-3-5-17(6-4-14)21-13-16(20)12-19-11-15-7-9-18-10-8-15/h3-10,16,19-20H,2,11-13H2,1H3. The van der Waals surface area contributed by atoms with E-state index in [1.807, 2.05) is 36.4 Å². The third-order valence-corrected chi connectivity index (χ3v) is 3.23. The molecule has 2 N–H and O–H groups in total. The van der Waals surface area contributed by atoms with E-state index in [1.54, 1.807) is 12.4 Å². The van der Waals surface area contributed by atoms with E-state index < -0.39 is 6.10 Å². The fourth-order valence-corrected chi connectivity index (χ4v) is 1.96. The Kier molecular flexibility index (Phi) is 6.19. The molecule has 1 aromatic heterocycles. The zero-order valence-corrected chi connectivity index (χ0v) is 12.3. The zero-order valence-electron chi connectivity index (χ0n) is 12.3. The van der Waals surface area contributed by atoms with Crippen LogP contribution < -0.4 is 10.1 Å². The fourth-order valence-electron chi connectivity index (χ4n) is 1.96. The number of hydrogen-bond donors (Lipinski definition) is 2. The van der Waals surface area contributed by atoms with Crippen LogP contribution in [0.3, 0.4) is 0 Å². The van der Waals surface area contributed by atoms with Crippen molar-refractivity contribution in [3.8, 4) is 5.75 Å². The minimum Gasteiger partial charge on any atom is -0.491 e. The van der Waals surface area contributed by atoms with Gasteiger partial charge < -0.3 is 15.2 Å². The maximum absolute atomic E-state index is 9.89. The first kappa shape index (κ1) is 15.5. The van der Waals surface area contributed by atoms with E-state index in [0.29, 0.717) is 13.1 Å². The normalized spacial score (nSPS) is 12.1. The molecule has 1 heterocycles. The second-order valence-electron chi connectivity index (χ2n) is 4.95. The summed E-state index contributed by atoms with van der Waals surface area (Å²) in [6.45, 7) is 3.61. The Labute approximate surface area is 125 Å². The molecule has 0 bridgehead atoms. The van der Waals surface area contributed by atoms with Crippen LogP contribution in [0.25, 0.3) is 0 Å². The van der Waals surface area contributed by atoms with Gasteiger partial charge in [-0.05, 0) is 41.8 Å². The SMILES string of the molecule is CCc1ccc(OCC(O)CNCc2ccncc2)cc1. The highest BCUT2D eigenvalue weighted by Gasteiger charge is 2.05. The van der Waals surface area contributed by atoms with Crippen LogP contribution in [0, 0.1) is 0 Å². The van der Waals surface area contributed by atoms with Gasteiger partial charge in [-0.1, -0.05) is 19.1 Å². The number of nitrogens with one attached hydrogen (secondary N) is 1. The molecule has 0 saturated heterocycles. The highest BCUT2D eigenvalue weighted by atomic mass is 16.5. The second-order valence-corrected chi connectivity index (χ2v) is 4.95. The number of aromatic nitrogens is 1. The molecule has 0 saturated carbocycles. The molecule has 4 heteroatoms. The van der Waals surface area contributed by atoms with Gasteiger partial charge in [0.2, 0.25) is 0 Å². The lowest BCUT2D eigenvalue weighted by Gasteiger charge is -2.13. The predicted molar refractivity (Wildman–Crippen MR) is 83.3 cm³/mol. The summed E-state index contributed by atoms with van der Waals surface area (Å²) in [4.78, 5) is 3.97. The monoisotopic (exact) mass is 286 g/mol. The average Bonchev–Trinajstić information content (AvgIpc) is 2.54. The minimum absolute atomic E-state index is 0.287. The number of aliphatic hydroxyl groups is 1. The summed E-state index contributed by atoms with van der Waals surface area (Å²) in [7, 11) is 0. The smallest absolute Gasteiger partial charge is 0.119 e. The van der Waals surface area contributed by atoms with E-state index in [4.69, 9.17) is 4.74 Å². The molecule has 112 valence electrons. The molecule has 4 nitrogen and oxygen atoms in total. The van der Waals surface area contributed by atoms with Gasteiger partial charge in [0, 0.05) is 25.5 Å². The quantitative estimate of drug-likeness (QED) is 0.781. The third-order valence-electron chi connectivity index (χ3n) is 3.23. The van der Waals surface area contributed by atoms with Crippen molar-refractivity contribution in [3.63, 3.8) is 0 Å². The van der Waals surface area contributed by atoms with Crippen molar-refractivity contribution >= 4 is 0 Å². The van der Waals surface area contributed by atoms with Gasteiger partial charge in [-0.3, -0.25) is 4.98 Å². The van der Waals surface area contributed by atoms with Gasteiger partial charge in [0.25, 0.3) is 0 Å². The van der Waals surface area contributed by atoms with Gasteiger partial charge in [-0.2, -0.15) is 0 Å². The first-order chi connectivity index (χ1) is 10.3. The number of rotatable bonds is 8. The largest absolute Gasteiger partial charge is 0.491 e. The van der Waals surface area contributed by atoms with E-state index >= 15 is 0 Å². The summed E-state index contributed by atoms with van der Waals surface area (Å²) in [5.41, 5.74) is 2.43. The Morgan fingerprint density at radius 3 is 2.48 bits per heavy atom. The molecule has 1 atom stereocenters. The van der Waals surface area contributed by atoms with Crippen LogP contribution >= 0.6 is 0 Å². The Bertz CT molecular complexity index is 514. The average molecular weight is 286 g/mol. The summed E-state index contributed by atoms with van der Waals surface area (Å²) in [5.74, 6) is 0.792. The number of hydrogen-bond acceptors (Lipinski definition) is 4. The van der Waals surface area contributed by atoms with Crippen molar-refractivity contribution in [2.45, 2.75) is 26.0 Å². The lowest BCUT2D eigenvalue weighted by molar-refractivity contribution is 0.106. The van der Waals surface area contributed by atoms with Crippen molar-refractivity contribution in [2.75, 3.05) is 13.2 Å². The van der Waals surface area contributed by atoms with E-state index in [2.05, 4.69) is 17.2 Å². The van der Waals surface area contributed by atoms with Gasteiger partial charge in [0.15, 0.2) is 0 Å². The number of nitrogens with zero attached hydrogens (tertiary/aromatic N) is 1. The molecule has 21 heavy (non-hydrogen) atoms. The molecule has 1 aromatic carbocycles. The molecule has 0 aliphatic carbocycles. The highest BCUT2D eigenvalue weighted by molar-refractivity contribution is 5.27. The molecule has 2 aromatic rings. The van der Waals surface area contributed by atoms with Gasteiger partial charge in [0.05, 0.1) is 0 Å². The number of aliphatic hydroxyl groups excluding tert-OH is 1. The summed E-state index contributed by atoms with van der Waals surface area (Å²) >= 11 is 0. The molecular weight excluding hydrogens is 264 g/mol. The van der Waals surface area contributed by atoms with Crippen LogP contribution in [0.4, 0.5) is 0 Å². The number of benzene rings is 1. The van der Waals surface area contributed by atoms with E-state index in [1.165, 1.54) is 5.56 Å². The molecule has 1 unspecified atom stereocenters. The minimum atomic E-state index is -0.530. The van der Waals surface area contributed by atoms with Crippen LogP contribution in [0.1, 0.15) is 18.1 Å². The Morgan fingerprint density at radius 1 is 1.10 bits per heavy atom. The van der Waals surface area contributed by atoms with Crippen molar-refractivity contribution < 1.29 is 9.84 Å². The molecule has 0 fully saturated rings. The van der Waals surface area contributed by atoms with Crippen LogP contribution in [-0.4, -0.2) is 29.3 Å². The molecule has 0 spiro atoms.